The van der Waals surface area contributed by atoms with Gasteiger partial charge in [-0.25, -0.2) is 10.0 Å². The molecule has 1 aromatic rings. The summed E-state index contributed by atoms with van der Waals surface area (Å²) in [5.74, 6) is 0.482. The van der Waals surface area contributed by atoms with Gasteiger partial charge in [-0.3, -0.25) is 4.79 Å². The maximum absolute atomic E-state index is 11.7. The van der Waals surface area contributed by atoms with E-state index in [1.165, 1.54) is 5.56 Å². The Labute approximate surface area is 105 Å². The number of hydrogen-bond acceptors (Lipinski definition) is 4. The molecule has 0 radical (unpaired) electrons. The molecular weight excluding hydrogens is 228 g/mol. The van der Waals surface area contributed by atoms with Crippen molar-refractivity contribution >= 4 is 29.5 Å². The van der Waals surface area contributed by atoms with Crippen LogP contribution in [0.2, 0.25) is 0 Å². The molecule has 0 saturated heterocycles. The summed E-state index contributed by atoms with van der Waals surface area (Å²) >= 11 is 0. The summed E-state index contributed by atoms with van der Waals surface area (Å²) in [7, 11) is 0. The molecule has 5 heteroatoms. The topological polar surface area (TPSA) is 57.4 Å². The molecule has 1 aromatic carbocycles. The predicted molar refractivity (Wildman–Crippen MR) is 71.2 cm³/mol. The Kier molecular flexibility index (Phi) is 2.33. The third-order valence-electron chi connectivity index (χ3n) is 2.92. The van der Waals surface area contributed by atoms with Gasteiger partial charge in [-0.05, 0) is 26.0 Å². The van der Waals surface area contributed by atoms with Crippen LogP contribution >= 0.6 is 0 Å². The number of rotatable bonds is 1. The molecule has 0 saturated carbocycles. The van der Waals surface area contributed by atoms with Crippen molar-refractivity contribution in [3.05, 3.63) is 29.8 Å². The zero-order valence-electron chi connectivity index (χ0n) is 10.2. The number of fused-ring (bicyclic) bond motifs is 1. The van der Waals surface area contributed by atoms with Gasteiger partial charge in [0.05, 0.1) is 5.69 Å². The number of carbonyl (C=O) groups excluding carboxylic acids is 1. The number of amides is 1. The first kappa shape index (κ1) is 10.8. The molecule has 2 heterocycles. The van der Waals surface area contributed by atoms with E-state index in [9.17, 15) is 4.79 Å². The van der Waals surface area contributed by atoms with Gasteiger partial charge >= 0.3 is 0 Å². The molecule has 1 amide bonds. The van der Waals surface area contributed by atoms with Crippen LogP contribution in [-0.2, 0) is 4.79 Å². The minimum atomic E-state index is -0.435. The van der Waals surface area contributed by atoms with Crippen LogP contribution in [0.25, 0.3) is 0 Å². The fraction of sp³-hybridized carbons (Fsp3) is 0.231. The van der Waals surface area contributed by atoms with Gasteiger partial charge in [-0.2, -0.15) is 10.1 Å². The summed E-state index contributed by atoms with van der Waals surface area (Å²) in [6.07, 6.45) is 1.59. The second-order valence-electron chi connectivity index (χ2n) is 4.36. The van der Waals surface area contributed by atoms with Crippen molar-refractivity contribution in [1.29, 1.82) is 0 Å². The van der Waals surface area contributed by atoms with Crippen LogP contribution in [-0.4, -0.2) is 23.8 Å². The number of amidine groups is 2. The van der Waals surface area contributed by atoms with Gasteiger partial charge < -0.3 is 0 Å². The van der Waals surface area contributed by atoms with Crippen molar-refractivity contribution in [2.45, 2.75) is 13.8 Å². The van der Waals surface area contributed by atoms with E-state index in [4.69, 9.17) is 0 Å². The third-order valence-corrected chi connectivity index (χ3v) is 2.92. The zero-order valence-corrected chi connectivity index (χ0v) is 10.2. The van der Waals surface area contributed by atoms with Crippen molar-refractivity contribution < 1.29 is 4.79 Å². The van der Waals surface area contributed by atoms with Crippen LogP contribution in [0.4, 0.5) is 5.69 Å². The molecule has 18 heavy (non-hydrogen) atoms. The molecule has 1 unspecified atom stereocenters. The number of hydrogen-bond donors (Lipinski definition) is 0. The van der Waals surface area contributed by atoms with Crippen molar-refractivity contribution in [3.63, 3.8) is 0 Å². The first-order valence-corrected chi connectivity index (χ1v) is 5.74. The van der Waals surface area contributed by atoms with Crippen LogP contribution in [0, 0.1) is 12.8 Å². The normalized spacial score (nSPS) is 21.8. The third kappa shape index (κ3) is 1.64. The maximum atomic E-state index is 11.7. The van der Waals surface area contributed by atoms with E-state index < -0.39 is 5.92 Å². The summed E-state index contributed by atoms with van der Waals surface area (Å²) in [6, 6.07) is 7.93. The molecule has 5 nitrogen and oxygen atoms in total. The Hall–Kier alpha value is -2.30. The SMILES string of the molecule is CC1=NC(=O)C2C=NN(c3ccc(C)cc3)C2=N1. The Morgan fingerprint density at radius 3 is 2.56 bits per heavy atom. The van der Waals surface area contributed by atoms with Crippen LogP contribution in [0.15, 0.2) is 39.4 Å². The first-order valence-electron chi connectivity index (χ1n) is 5.74. The molecule has 2 aliphatic heterocycles. The molecule has 2 aliphatic rings. The lowest BCUT2D eigenvalue weighted by atomic mass is 10.1. The van der Waals surface area contributed by atoms with Crippen molar-refractivity contribution in [2.24, 2.45) is 21.0 Å². The molecule has 0 bridgehead atoms. The van der Waals surface area contributed by atoms with Crippen LogP contribution in [0.5, 0.6) is 0 Å². The van der Waals surface area contributed by atoms with Gasteiger partial charge in [-0.15, -0.1) is 0 Å². The van der Waals surface area contributed by atoms with Gasteiger partial charge in [0.15, 0.2) is 5.84 Å². The maximum Gasteiger partial charge on any atom is 0.263 e. The number of nitrogens with zero attached hydrogens (tertiary/aromatic N) is 4. The molecule has 1 atom stereocenters. The summed E-state index contributed by atoms with van der Waals surface area (Å²) in [5, 5.41) is 5.94. The fourth-order valence-electron chi connectivity index (χ4n) is 1.99. The highest BCUT2D eigenvalue weighted by atomic mass is 16.1. The van der Waals surface area contributed by atoms with E-state index in [1.54, 1.807) is 18.1 Å². The van der Waals surface area contributed by atoms with E-state index in [-0.39, 0.29) is 5.91 Å². The van der Waals surface area contributed by atoms with Gasteiger partial charge in [0.1, 0.15) is 11.8 Å². The zero-order chi connectivity index (χ0) is 12.7. The number of anilines is 1. The van der Waals surface area contributed by atoms with E-state index in [1.807, 2.05) is 31.2 Å². The lowest BCUT2D eigenvalue weighted by Gasteiger charge is -2.19. The quantitative estimate of drug-likeness (QED) is 0.751. The average molecular weight is 240 g/mol. The smallest absolute Gasteiger partial charge is 0.263 e. The molecule has 0 aliphatic carbocycles. The molecule has 0 N–H and O–H groups in total. The summed E-state index contributed by atoms with van der Waals surface area (Å²) in [5.41, 5.74) is 2.08. The standard InChI is InChI=1S/C13H12N4O/c1-8-3-5-10(6-4-8)17-12-11(7-14-17)13(18)16-9(2)15-12/h3-7,11H,1-2H3. The van der Waals surface area contributed by atoms with E-state index in [2.05, 4.69) is 15.1 Å². The lowest BCUT2D eigenvalue weighted by Crippen LogP contribution is -2.34. The number of aliphatic imine (C=N–C) groups is 2. The summed E-state index contributed by atoms with van der Waals surface area (Å²) in [4.78, 5) is 19.9. The Morgan fingerprint density at radius 1 is 1.11 bits per heavy atom. The number of hydrazone groups is 1. The molecular formula is C13H12N4O. The Bertz CT molecular complexity index is 598. The molecule has 0 aromatic heterocycles. The second-order valence-corrected chi connectivity index (χ2v) is 4.36. The molecule has 3 rings (SSSR count). The predicted octanol–water partition coefficient (Wildman–Crippen LogP) is 1.77. The first-order chi connectivity index (χ1) is 8.65. The van der Waals surface area contributed by atoms with Gasteiger partial charge in [0, 0.05) is 6.21 Å². The van der Waals surface area contributed by atoms with Crippen molar-refractivity contribution in [3.8, 4) is 0 Å². The van der Waals surface area contributed by atoms with Crippen LogP contribution < -0.4 is 5.01 Å². The largest absolute Gasteiger partial charge is 0.271 e. The van der Waals surface area contributed by atoms with Crippen LogP contribution in [0.1, 0.15) is 12.5 Å². The van der Waals surface area contributed by atoms with Gasteiger partial charge in [-0.1, -0.05) is 17.7 Å². The minimum Gasteiger partial charge on any atom is -0.271 e. The summed E-state index contributed by atoms with van der Waals surface area (Å²) in [6.45, 7) is 3.74. The second kappa shape index (κ2) is 3.87. The molecule has 0 spiro atoms. The van der Waals surface area contributed by atoms with E-state index >= 15 is 0 Å². The van der Waals surface area contributed by atoms with Gasteiger partial charge in [0.2, 0.25) is 0 Å². The van der Waals surface area contributed by atoms with Crippen molar-refractivity contribution in [1.82, 2.24) is 0 Å². The Morgan fingerprint density at radius 2 is 1.83 bits per heavy atom. The monoisotopic (exact) mass is 240 g/mol. The Balaban J connectivity index is 2.00. The number of aryl methyl sites for hydroxylation is 1. The highest BCUT2D eigenvalue weighted by Gasteiger charge is 2.35. The molecule has 90 valence electrons. The van der Waals surface area contributed by atoms with E-state index in [0.717, 1.165) is 5.69 Å². The minimum absolute atomic E-state index is 0.198. The van der Waals surface area contributed by atoms with Crippen LogP contribution in [0.3, 0.4) is 0 Å². The van der Waals surface area contributed by atoms with Crippen molar-refractivity contribution in [2.75, 3.05) is 5.01 Å². The highest BCUT2D eigenvalue weighted by Crippen LogP contribution is 2.24. The van der Waals surface area contributed by atoms with E-state index in [0.29, 0.717) is 11.7 Å². The highest BCUT2D eigenvalue weighted by molar-refractivity contribution is 6.28. The van der Waals surface area contributed by atoms with Gasteiger partial charge in [0.25, 0.3) is 5.91 Å². The lowest BCUT2D eigenvalue weighted by molar-refractivity contribution is -0.118. The molecule has 0 fully saturated rings. The number of carbonyl (C=O) groups is 1. The fourth-order valence-corrected chi connectivity index (χ4v) is 1.99. The summed E-state index contributed by atoms with van der Waals surface area (Å²) < 4.78 is 0. The number of benzene rings is 1. The average Bonchev–Trinajstić information content (AvgIpc) is 2.74.